The van der Waals surface area contributed by atoms with Crippen molar-refractivity contribution < 1.29 is 28.6 Å². The molecule has 9 nitrogen and oxygen atoms in total. The molecule has 9 heteroatoms. The first-order valence-corrected chi connectivity index (χ1v) is 36.9. The largest absolute Gasteiger partial charge is 0.423 e. The van der Waals surface area contributed by atoms with Crippen molar-refractivity contribution in [3.05, 3.63) is 459 Å². The first-order valence-electron chi connectivity index (χ1n) is 36.9. The van der Waals surface area contributed by atoms with Gasteiger partial charge in [0.25, 0.3) is 0 Å². The fourth-order valence-electron chi connectivity index (χ4n) is 13.4. The minimum absolute atomic E-state index is 0.363. The van der Waals surface area contributed by atoms with Gasteiger partial charge < -0.3 is 28.9 Å². The van der Waals surface area contributed by atoms with Crippen LogP contribution in [0.5, 0.6) is 17.2 Å². The summed E-state index contributed by atoms with van der Waals surface area (Å²) in [6, 6.07) is 132. The van der Waals surface area contributed by atoms with Crippen molar-refractivity contribution in [2.24, 2.45) is 0 Å². The van der Waals surface area contributed by atoms with Crippen LogP contribution in [0.4, 0.5) is 51.2 Å². The van der Waals surface area contributed by atoms with Crippen LogP contribution in [-0.4, -0.2) is 17.9 Å². The zero-order valence-corrected chi connectivity index (χ0v) is 62.1. The Hall–Kier alpha value is -14.9. The van der Waals surface area contributed by atoms with E-state index in [1.165, 1.54) is 65.7 Å². The molecule has 0 aliphatic rings. The first-order chi connectivity index (χ1) is 54.9. The Balaban J connectivity index is 0.000000140. The van der Waals surface area contributed by atoms with Gasteiger partial charge in [-0.25, -0.2) is 14.4 Å². The van der Waals surface area contributed by atoms with Gasteiger partial charge in [0, 0.05) is 68.1 Å². The van der Waals surface area contributed by atoms with Crippen molar-refractivity contribution in [2.75, 3.05) is 14.7 Å². The van der Waals surface area contributed by atoms with Crippen molar-refractivity contribution in [3.63, 3.8) is 0 Å². The van der Waals surface area contributed by atoms with Crippen LogP contribution in [0.1, 0.15) is 47.2 Å². The van der Waals surface area contributed by atoms with Crippen molar-refractivity contribution >= 4 is 125 Å². The Bertz CT molecular complexity index is 5880. The van der Waals surface area contributed by atoms with Gasteiger partial charge in [0.1, 0.15) is 17.2 Å². The summed E-state index contributed by atoms with van der Waals surface area (Å²) >= 11 is 0. The number of carbonyl (C=O) groups is 3. The number of benzene rings is 16. The molecule has 0 radical (unpaired) electrons. The summed E-state index contributed by atoms with van der Waals surface area (Å²) in [5.74, 6) is 0.106. The molecule has 0 saturated heterocycles. The number of hydrogen-bond donors (Lipinski definition) is 0. The summed E-state index contributed by atoms with van der Waals surface area (Å²) in [5.41, 5.74) is 19.1. The van der Waals surface area contributed by atoms with Gasteiger partial charge in [-0.2, -0.15) is 0 Å². The predicted molar refractivity (Wildman–Crippen MR) is 464 cm³/mol. The average Bonchev–Trinajstić information content (AvgIpc) is 0.731. The van der Waals surface area contributed by atoms with Gasteiger partial charge in [0.2, 0.25) is 0 Å². The molecule has 16 aromatic rings. The number of ether oxygens (including phenoxy) is 3. The smallest absolute Gasteiger partial charge is 0.338 e. The van der Waals surface area contributed by atoms with Crippen LogP contribution in [0.2, 0.25) is 0 Å². The van der Waals surface area contributed by atoms with Gasteiger partial charge in [-0.15, -0.1) is 0 Å². The summed E-state index contributed by atoms with van der Waals surface area (Å²) in [4.78, 5) is 42.0. The number of hydrogen-bond acceptors (Lipinski definition) is 9. The summed E-state index contributed by atoms with van der Waals surface area (Å²) in [6.07, 6.45) is 5.61. The molecule has 0 atom stereocenters. The van der Waals surface area contributed by atoms with Crippen molar-refractivity contribution in [1.82, 2.24) is 0 Å². The zero-order valence-electron chi connectivity index (χ0n) is 62.1. The molecule has 16 rings (SSSR count). The number of carbonyl (C=O) groups excluding carboxylic acids is 3. The maximum Gasteiger partial charge on any atom is 0.338 e. The molecule has 0 saturated carbocycles. The van der Waals surface area contributed by atoms with Gasteiger partial charge in [0.05, 0.1) is 5.69 Å². The normalized spacial score (nSPS) is 10.6. The van der Waals surface area contributed by atoms with E-state index in [9.17, 15) is 14.4 Å². The predicted octanol–water partition coefficient (Wildman–Crippen LogP) is 26.6. The van der Waals surface area contributed by atoms with E-state index in [0.717, 1.165) is 68.4 Å². The quantitative estimate of drug-likeness (QED) is 0.0229. The lowest BCUT2D eigenvalue weighted by Gasteiger charge is -2.27. The Labute approximate surface area is 653 Å². The monoisotopic (exact) mass is 1450 g/mol. The van der Waals surface area contributed by atoms with Crippen LogP contribution in [0.3, 0.4) is 0 Å². The highest BCUT2D eigenvalue weighted by atomic mass is 16.5. The van der Waals surface area contributed by atoms with Gasteiger partial charge >= 0.3 is 17.9 Å². The Morgan fingerprint density at radius 3 is 0.893 bits per heavy atom. The van der Waals surface area contributed by atoms with Crippen LogP contribution in [0.15, 0.2) is 425 Å². The molecule has 542 valence electrons. The first kappa shape index (κ1) is 73.9. The van der Waals surface area contributed by atoms with Crippen LogP contribution in [-0.2, 0) is 14.4 Å². The summed E-state index contributed by atoms with van der Waals surface area (Å²) < 4.78 is 16.0. The molecule has 112 heavy (non-hydrogen) atoms. The van der Waals surface area contributed by atoms with Crippen LogP contribution < -0.4 is 28.9 Å². The molecular weight excluding hydrogens is 1380 g/mol. The Morgan fingerprint density at radius 1 is 0.277 bits per heavy atom. The molecule has 16 aromatic carbocycles. The highest BCUT2D eigenvalue weighted by Gasteiger charge is 2.21. The van der Waals surface area contributed by atoms with E-state index in [0.29, 0.717) is 28.4 Å². The van der Waals surface area contributed by atoms with Crippen molar-refractivity contribution in [1.29, 1.82) is 0 Å². The second-order valence-electron chi connectivity index (χ2n) is 26.7. The van der Waals surface area contributed by atoms with Gasteiger partial charge in [-0.1, -0.05) is 268 Å². The van der Waals surface area contributed by atoms with Crippen molar-refractivity contribution in [3.8, 4) is 17.2 Å². The fraction of sp³-hybridized carbons (Fsp3) is 0.0194. The van der Waals surface area contributed by atoms with Crippen molar-refractivity contribution in [2.45, 2.75) is 13.8 Å². The number of esters is 3. The van der Waals surface area contributed by atoms with E-state index in [4.69, 9.17) is 14.2 Å². The lowest BCUT2D eigenvalue weighted by atomic mass is 9.93. The molecule has 0 spiro atoms. The molecule has 0 aromatic heterocycles. The van der Waals surface area contributed by atoms with Gasteiger partial charge in [-0.05, 0) is 237 Å². The molecular formula is C103H79N3O6. The van der Waals surface area contributed by atoms with E-state index in [1.807, 2.05) is 127 Å². The molecule has 0 N–H and O–H groups in total. The van der Waals surface area contributed by atoms with Gasteiger partial charge in [0.15, 0.2) is 0 Å². The second kappa shape index (κ2) is 35.2. The Kier molecular flexibility index (Phi) is 23.2. The number of para-hydroxylation sites is 3. The highest BCUT2D eigenvalue weighted by molar-refractivity contribution is 6.26. The van der Waals surface area contributed by atoms with E-state index in [2.05, 4.69) is 283 Å². The van der Waals surface area contributed by atoms with Gasteiger partial charge in [-0.3, -0.25) is 0 Å². The van der Waals surface area contributed by atoms with Crippen LogP contribution in [0, 0.1) is 0 Å². The lowest BCUT2D eigenvalue weighted by Crippen LogP contribution is -2.11. The maximum absolute atomic E-state index is 12.0. The molecule has 0 heterocycles. The molecule has 0 bridgehead atoms. The minimum atomic E-state index is -0.480. The SMILES string of the molecule is C=C(C)C(=O)Oc1ccc(N(c2ccccc2)c2ccc(C=C(c3ccccc3)c3ccccc3)cc2)cc1.C=C(C)C(=O)Oc1ccc(N(c2ccccc2)c2ccc3ccc4cccc5ccc2c3c45)cc1.C=CC(=O)Oc1ccc(N(c2ccccc2)c2ccc(C=C(c3ccccc3)c3ccccc3)cc2)cc1. The molecule has 0 aliphatic heterocycles. The second-order valence-corrected chi connectivity index (χ2v) is 26.7. The molecule has 0 fully saturated rings. The lowest BCUT2D eigenvalue weighted by molar-refractivity contribution is -0.130. The molecule has 0 unspecified atom stereocenters. The number of nitrogens with zero attached hydrogens (tertiary/aromatic N) is 3. The number of anilines is 9. The minimum Gasteiger partial charge on any atom is -0.423 e. The van der Waals surface area contributed by atoms with Crippen LogP contribution in [0.25, 0.3) is 55.6 Å². The number of rotatable bonds is 21. The highest BCUT2D eigenvalue weighted by Crippen LogP contribution is 2.45. The third-order valence-electron chi connectivity index (χ3n) is 18.8. The standard InChI is InChI=1S/C36H29NO2.C35H27NO2.C32H23NO2/c1-27(2)36(38)39-34-24-22-33(23-25-34)37(31-16-10-5-11-17-31)32-20-18-28(19-21-32)26-35(29-12-6-3-7-13-29)30-14-8-4-9-15-30;1-2-35(37)38-33-24-22-32(23-25-33)36(30-16-10-5-11-17-30)31-20-18-27(19-21-31)26-34(28-12-6-3-7-13-28)29-14-8-4-9-15-29;1-21(2)32(34)35-27-17-15-26(16-18-27)33(25-9-4-3-5-10-25)29-20-14-24-12-11-22-7-6-8-23-13-19-28(29)31(24)30(22)23/h3-26H,1H2,2H3;2-26H,1H2;3-20H,1H2,2H3. The zero-order chi connectivity index (χ0) is 77.1. The summed E-state index contributed by atoms with van der Waals surface area (Å²) in [5, 5.41) is 7.46. The average molecular weight is 1450 g/mol. The van der Waals surface area contributed by atoms with E-state index >= 15 is 0 Å². The summed E-state index contributed by atoms with van der Waals surface area (Å²) in [7, 11) is 0. The molecule has 0 amide bonds. The van der Waals surface area contributed by atoms with E-state index in [1.54, 1.807) is 38.1 Å². The molecule has 0 aliphatic carbocycles. The Morgan fingerprint density at radius 2 is 0.554 bits per heavy atom. The van der Waals surface area contributed by atoms with E-state index < -0.39 is 17.9 Å². The topological polar surface area (TPSA) is 88.6 Å². The van der Waals surface area contributed by atoms with E-state index in [-0.39, 0.29) is 0 Å². The fourth-order valence-corrected chi connectivity index (χ4v) is 13.4. The summed E-state index contributed by atoms with van der Waals surface area (Å²) in [6.45, 7) is 14.0. The third kappa shape index (κ3) is 17.7. The van der Waals surface area contributed by atoms with Crippen LogP contribution >= 0.6 is 0 Å². The maximum atomic E-state index is 12.0. The third-order valence-corrected chi connectivity index (χ3v) is 18.8.